The van der Waals surface area contributed by atoms with Crippen LogP contribution in [0.2, 0.25) is 0 Å². The Morgan fingerprint density at radius 3 is 1.61 bits per heavy atom. The molecule has 0 heterocycles. The van der Waals surface area contributed by atoms with Gasteiger partial charge in [0.05, 0.1) is 6.61 Å². The molecule has 0 aromatic heterocycles. The molecule has 4 atom stereocenters. The number of carbonyl (C=O) groups is 1. The Hall–Kier alpha value is -0.141. The molecule has 0 bridgehead atoms. The van der Waals surface area contributed by atoms with E-state index in [0.717, 1.165) is 0 Å². The maximum Gasteiger partial charge on any atom is 2.00 e. The van der Waals surface area contributed by atoms with Crippen LogP contribution in [0, 0.1) is 0 Å². The third kappa shape index (κ3) is 13.9. The van der Waals surface area contributed by atoms with E-state index in [1.807, 2.05) is 0 Å². The van der Waals surface area contributed by atoms with Gasteiger partial charge in [0.2, 0.25) is 0 Å². The minimum atomic E-state index is -5.17. The van der Waals surface area contributed by atoms with Crippen molar-refractivity contribution in [1.29, 1.82) is 0 Å². The van der Waals surface area contributed by atoms with Crippen molar-refractivity contribution in [2.24, 2.45) is 0 Å². The van der Waals surface area contributed by atoms with Crippen LogP contribution in [0.3, 0.4) is 0 Å². The van der Waals surface area contributed by atoms with Crippen LogP contribution in [-0.2, 0) is 32.3 Å². The first kappa shape index (κ1) is 23.0. The molecule has 0 saturated carbocycles. The predicted molar refractivity (Wildman–Crippen MR) is 47.7 cm³/mol. The Morgan fingerprint density at radius 1 is 1.06 bits per heavy atom. The second-order valence-corrected chi connectivity index (χ2v) is 3.58. The van der Waals surface area contributed by atoms with E-state index >= 15 is 0 Å². The molecule has 0 aliphatic rings. The summed E-state index contributed by atoms with van der Waals surface area (Å²) in [5, 5.41) is 43.5. The van der Waals surface area contributed by atoms with Gasteiger partial charge in [-0.25, -0.2) is 0 Å². The molecule has 0 spiro atoms. The number of rotatable bonds is 5. The van der Waals surface area contributed by atoms with Crippen LogP contribution in [0.5, 0.6) is 0 Å². The summed E-state index contributed by atoms with van der Waals surface area (Å²) in [6.07, 6.45) is -6.84. The molecule has 18 heavy (non-hydrogen) atoms. The summed E-state index contributed by atoms with van der Waals surface area (Å²) >= 11 is 0. The maximum atomic E-state index is 9.90. The van der Waals surface area contributed by atoms with Crippen molar-refractivity contribution in [3.8, 4) is 0 Å². The van der Waals surface area contributed by atoms with E-state index in [9.17, 15) is 4.79 Å². The van der Waals surface area contributed by atoms with Crippen molar-refractivity contribution in [3.05, 3.63) is 0 Å². The number of aldehydes is 1. The molecule has 0 saturated heterocycles. The van der Waals surface area contributed by atoms with Crippen molar-refractivity contribution < 1.29 is 64.9 Å². The van der Waals surface area contributed by atoms with Crippen LogP contribution < -0.4 is 0 Å². The zero-order chi connectivity index (χ0) is 14.2. The third-order valence-electron chi connectivity index (χ3n) is 1.42. The van der Waals surface area contributed by atoms with Gasteiger partial charge in [-0.3, -0.25) is 8.42 Å². The molecule has 1 radical (unpaired) electrons. The SMILES string of the molecule is O=C[C@H](O)[C@@H](O)[C@H](O)[C@H](O)CO.O=S(=O)([O-])[O-].[Cu+2]. The molecule has 0 rings (SSSR count). The van der Waals surface area contributed by atoms with Gasteiger partial charge in [0.25, 0.3) is 0 Å². The average molecular weight is 340 g/mol. The van der Waals surface area contributed by atoms with E-state index in [1.165, 1.54) is 0 Å². The summed E-state index contributed by atoms with van der Waals surface area (Å²) in [5.74, 6) is 0. The van der Waals surface area contributed by atoms with E-state index < -0.39 is 41.4 Å². The first-order valence-electron chi connectivity index (χ1n) is 3.99. The smallest absolute Gasteiger partial charge is 0.759 e. The van der Waals surface area contributed by atoms with E-state index in [4.69, 9.17) is 43.1 Å². The second kappa shape index (κ2) is 10.8. The van der Waals surface area contributed by atoms with E-state index in [2.05, 4.69) is 0 Å². The predicted octanol–water partition coefficient (Wildman–Crippen LogP) is -4.72. The van der Waals surface area contributed by atoms with E-state index in [1.54, 1.807) is 0 Å². The van der Waals surface area contributed by atoms with Gasteiger partial charge in [-0.05, 0) is 0 Å². The molecule has 0 aliphatic carbocycles. The number of aliphatic hydroxyl groups excluding tert-OH is 5. The molecule has 10 nitrogen and oxygen atoms in total. The van der Waals surface area contributed by atoms with E-state index in [0.29, 0.717) is 0 Å². The van der Waals surface area contributed by atoms with Gasteiger partial charge in [-0.1, -0.05) is 0 Å². The molecule has 0 unspecified atom stereocenters. The Morgan fingerprint density at radius 2 is 1.39 bits per heavy atom. The fraction of sp³-hybridized carbons (Fsp3) is 0.833. The minimum absolute atomic E-state index is 0. The van der Waals surface area contributed by atoms with Gasteiger partial charge in [-0.2, -0.15) is 0 Å². The Bertz CT molecular complexity index is 297. The van der Waals surface area contributed by atoms with Crippen molar-refractivity contribution in [2.75, 3.05) is 6.61 Å². The number of carbonyl (C=O) groups excluding carboxylic acids is 1. The topological polar surface area (TPSA) is 198 Å². The number of aliphatic hydroxyl groups is 5. The molecule has 5 N–H and O–H groups in total. The molecule has 0 aromatic rings. The third-order valence-corrected chi connectivity index (χ3v) is 1.42. The molecule has 0 aromatic carbocycles. The summed E-state index contributed by atoms with van der Waals surface area (Å²) in [6.45, 7) is -0.760. The first-order chi connectivity index (χ1) is 7.54. The summed E-state index contributed by atoms with van der Waals surface area (Å²) in [4.78, 5) is 9.90. The maximum absolute atomic E-state index is 9.90. The summed E-state index contributed by atoms with van der Waals surface area (Å²) in [5.41, 5.74) is 0. The second-order valence-electron chi connectivity index (χ2n) is 2.77. The van der Waals surface area contributed by atoms with Crippen LogP contribution >= 0.6 is 0 Å². The normalized spacial score (nSPS) is 17.3. The fourth-order valence-electron chi connectivity index (χ4n) is 0.618. The van der Waals surface area contributed by atoms with Crippen LogP contribution in [0.1, 0.15) is 0 Å². The van der Waals surface area contributed by atoms with Gasteiger partial charge >= 0.3 is 17.1 Å². The molecule has 12 heteroatoms. The number of hydrogen-bond donors (Lipinski definition) is 5. The van der Waals surface area contributed by atoms with Crippen molar-refractivity contribution in [3.63, 3.8) is 0 Å². The molecular weight excluding hydrogens is 328 g/mol. The molecule has 0 fully saturated rings. The van der Waals surface area contributed by atoms with Crippen LogP contribution in [0.25, 0.3) is 0 Å². The summed E-state index contributed by atoms with van der Waals surface area (Å²) in [7, 11) is -5.17. The van der Waals surface area contributed by atoms with Crippen molar-refractivity contribution in [1.82, 2.24) is 0 Å². The largest absolute Gasteiger partial charge is 2.00 e. The van der Waals surface area contributed by atoms with Crippen LogP contribution in [0.15, 0.2) is 0 Å². The van der Waals surface area contributed by atoms with Crippen LogP contribution in [0.4, 0.5) is 0 Å². The van der Waals surface area contributed by atoms with Gasteiger partial charge in [0, 0.05) is 10.4 Å². The van der Waals surface area contributed by atoms with Gasteiger partial charge in [-0.15, -0.1) is 0 Å². The van der Waals surface area contributed by atoms with Crippen molar-refractivity contribution >= 4 is 16.7 Å². The van der Waals surface area contributed by atoms with Gasteiger partial charge < -0.3 is 39.4 Å². The molecule has 113 valence electrons. The Labute approximate surface area is 113 Å². The quantitative estimate of drug-likeness (QED) is 0.140. The monoisotopic (exact) mass is 339 g/mol. The molecular formula is C6H12CuO10S. The zero-order valence-corrected chi connectivity index (χ0v) is 10.3. The zero-order valence-electron chi connectivity index (χ0n) is 8.58. The van der Waals surface area contributed by atoms with Crippen molar-refractivity contribution in [2.45, 2.75) is 24.4 Å². The fourth-order valence-corrected chi connectivity index (χ4v) is 0.618. The average Bonchev–Trinajstić information content (AvgIpc) is 2.22. The summed E-state index contributed by atoms with van der Waals surface area (Å²) in [6, 6.07) is 0. The van der Waals surface area contributed by atoms with Gasteiger partial charge in [0.15, 0.2) is 6.29 Å². The Balaban J connectivity index is -0.000000321. The molecule has 0 amide bonds. The van der Waals surface area contributed by atoms with Crippen LogP contribution in [-0.4, -0.2) is 80.4 Å². The Kier molecular flexibility index (Phi) is 13.7. The standard InChI is InChI=1S/C6H12O6.Cu.H2O4S/c7-1-3(9)5(11)6(12)4(10)2-8;;1-5(2,3)4/h1,3-6,8-12H,2H2;;(H2,1,2,3,4)/q;+2;/p-2/t3-,4+,5+,6+;;/m0../s1. The van der Waals surface area contributed by atoms with Gasteiger partial charge in [0.1, 0.15) is 24.4 Å². The van der Waals surface area contributed by atoms with E-state index in [-0.39, 0.29) is 23.4 Å². The summed E-state index contributed by atoms with van der Waals surface area (Å²) < 4.78 is 34.1. The number of hydrogen-bond acceptors (Lipinski definition) is 10. The first-order valence-corrected chi connectivity index (χ1v) is 5.33. The minimum Gasteiger partial charge on any atom is -0.759 e. The molecule has 0 aliphatic heterocycles.